The Morgan fingerprint density at radius 1 is 0.943 bits per heavy atom. The number of esters is 1. The zero-order valence-electron chi connectivity index (χ0n) is 19.7. The Labute approximate surface area is 203 Å². The Bertz CT molecular complexity index is 1470. The number of sulfone groups is 1. The standard InChI is InChI=1S/C26H24N2O6S/c1-15-11-16(2)24(17(3)12-15)27-23(29)14-28-20-13-18(26(31)34-4)9-10-22(20)35(32,33)21-8-6-5-7-19(21)25(28)30/h5-13H,14H2,1-4H3,(H,27,29). The quantitative estimate of drug-likeness (QED) is 0.555. The molecule has 0 radical (unpaired) electrons. The van der Waals surface area contributed by atoms with Crippen LogP contribution in [0.25, 0.3) is 0 Å². The number of carbonyl (C=O) groups is 3. The van der Waals surface area contributed by atoms with Crippen LogP contribution in [0.5, 0.6) is 0 Å². The van der Waals surface area contributed by atoms with Crippen LogP contribution in [0.1, 0.15) is 37.4 Å². The van der Waals surface area contributed by atoms with Gasteiger partial charge < -0.3 is 10.1 Å². The molecule has 0 fully saturated rings. The second-order valence-electron chi connectivity index (χ2n) is 8.39. The molecule has 0 spiro atoms. The zero-order valence-corrected chi connectivity index (χ0v) is 20.5. The molecule has 1 N–H and O–H groups in total. The van der Waals surface area contributed by atoms with E-state index in [0.29, 0.717) is 5.69 Å². The average molecular weight is 493 g/mol. The number of hydrogen-bond donors (Lipinski definition) is 1. The van der Waals surface area contributed by atoms with E-state index in [0.717, 1.165) is 21.6 Å². The number of aryl methyl sites for hydroxylation is 3. The van der Waals surface area contributed by atoms with Gasteiger partial charge in [0.1, 0.15) is 6.54 Å². The molecular weight excluding hydrogens is 468 g/mol. The predicted molar refractivity (Wildman–Crippen MR) is 131 cm³/mol. The summed E-state index contributed by atoms with van der Waals surface area (Å²) in [5, 5.41) is 2.84. The summed E-state index contributed by atoms with van der Waals surface area (Å²) in [6, 6.07) is 13.5. The molecule has 8 nitrogen and oxygen atoms in total. The van der Waals surface area contributed by atoms with Crippen molar-refractivity contribution in [1.29, 1.82) is 0 Å². The molecule has 9 heteroatoms. The summed E-state index contributed by atoms with van der Waals surface area (Å²) in [6.45, 7) is 5.23. The zero-order chi connectivity index (χ0) is 25.5. The highest BCUT2D eigenvalue weighted by atomic mass is 32.2. The Kier molecular flexibility index (Phi) is 6.21. The summed E-state index contributed by atoms with van der Waals surface area (Å²) in [6.07, 6.45) is 0. The largest absolute Gasteiger partial charge is 0.465 e. The first-order valence-electron chi connectivity index (χ1n) is 10.8. The van der Waals surface area contributed by atoms with E-state index in [1.807, 2.05) is 32.9 Å². The number of amides is 2. The molecule has 2 amide bonds. The van der Waals surface area contributed by atoms with Gasteiger partial charge in [0, 0.05) is 5.69 Å². The third-order valence-electron chi connectivity index (χ3n) is 5.86. The van der Waals surface area contributed by atoms with Crippen molar-refractivity contribution in [1.82, 2.24) is 0 Å². The summed E-state index contributed by atoms with van der Waals surface area (Å²) in [4.78, 5) is 39.6. The number of anilines is 2. The number of carbonyl (C=O) groups excluding carboxylic acids is 3. The number of benzene rings is 3. The Balaban J connectivity index is 1.83. The van der Waals surface area contributed by atoms with Gasteiger partial charge in [0.05, 0.1) is 33.7 Å². The lowest BCUT2D eigenvalue weighted by Crippen LogP contribution is -2.38. The second-order valence-corrected chi connectivity index (χ2v) is 10.3. The van der Waals surface area contributed by atoms with Crippen LogP contribution in [-0.4, -0.2) is 39.9 Å². The van der Waals surface area contributed by atoms with E-state index in [4.69, 9.17) is 4.74 Å². The number of rotatable bonds is 4. The predicted octanol–water partition coefficient (Wildman–Crippen LogP) is 3.83. The molecule has 0 atom stereocenters. The molecule has 1 aliphatic rings. The number of hydrogen-bond acceptors (Lipinski definition) is 6. The van der Waals surface area contributed by atoms with Gasteiger partial charge in [0.25, 0.3) is 5.91 Å². The topological polar surface area (TPSA) is 110 Å². The van der Waals surface area contributed by atoms with Crippen LogP contribution >= 0.6 is 0 Å². The van der Waals surface area contributed by atoms with Gasteiger partial charge in [-0.25, -0.2) is 13.2 Å². The number of methoxy groups -OCH3 is 1. The van der Waals surface area contributed by atoms with E-state index in [1.54, 1.807) is 6.07 Å². The van der Waals surface area contributed by atoms with E-state index in [9.17, 15) is 22.8 Å². The summed E-state index contributed by atoms with van der Waals surface area (Å²) in [5.74, 6) is -1.88. The lowest BCUT2D eigenvalue weighted by atomic mass is 10.1. The molecule has 0 unspecified atom stereocenters. The van der Waals surface area contributed by atoms with Crippen molar-refractivity contribution in [2.45, 2.75) is 30.6 Å². The molecule has 3 aromatic rings. The van der Waals surface area contributed by atoms with Gasteiger partial charge in [-0.1, -0.05) is 29.8 Å². The maximum Gasteiger partial charge on any atom is 0.337 e. The summed E-state index contributed by atoms with van der Waals surface area (Å²) < 4.78 is 31.7. The van der Waals surface area contributed by atoms with Gasteiger partial charge in [-0.05, 0) is 62.2 Å². The monoisotopic (exact) mass is 492 g/mol. The van der Waals surface area contributed by atoms with E-state index < -0.39 is 34.2 Å². The molecule has 0 aliphatic carbocycles. The van der Waals surface area contributed by atoms with E-state index in [-0.39, 0.29) is 26.6 Å². The van der Waals surface area contributed by atoms with Crippen molar-refractivity contribution in [2.75, 3.05) is 23.9 Å². The molecule has 4 rings (SSSR count). The first-order chi connectivity index (χ1) is 16.5. The summed E-state index contributed by atoms with van der Waals surface area (Å²) in [5.41, 5.74) is 3.32. The molecule has 3 aromatic carbocycles. The van der Waals surface area contributed by atoms with Crippen LogP contribution in [0.15, 0.2) is 64.4 Å². The number of ether oxygens (including phenoxy) is 1. The molecule has 0 aromatic heterocycles. The normalized spacial score (nSPS) is 13.9. The third kappa shape index (κ3) is 4.30. The van der Waals surface area contributed by atoms with E-state index in [1.165, 1.54) is 43.5 Å². The van der Waals surface area contributed by atoms with Crippen LogP contribution < -0.4 is 10.2 Å². The second kappa shape index (κ2) is 8.99. The minimum absolute atomic E-state index is 0.0517. The number of nitrogens with zero attached hydrogens (tertiary/aromatic N) is 1. The molecular formula is C26H24N2O6S. The Morgan fingerprint density at radius 3 is 2.26 bits per heavy atom. The molecule has 0 bridgehead atoms. The van der Waals surface area contributed by atoms with Crippen LogP contribution in [0, 0.1) is 20.8 Å². The fraction of sp³-hybridized carbons (Fsp3) is 0.192. The van der Waals surface area contributed by atoms with Crippen LogP contribution in [0.4, 0.5) is 11.4 Å². The van der Waals surface area contributed by atoms with Crippen molar-refractivity contribution in [3.05, 3.63) is 82.4 Å². The maximum atomic E-state index is 13.6. The van der Waals surface area contributed by atoms with Crippen LogP contribution in [0.3, 0.4) is 0 Å². The van der Waals surface area contributed by atoms with Gasteiger partial charge >= 0.3 is 5.97 Å². The maximum absolute atomic E-state index is 13.6. The molecule has 0 saturated heterocycles. The third-order valence-corrected chi connectivity index (χ3v) is 7.71. The van der Waals surface area contributed by atoms with Crippen molar-refractivity contribution >= 4 is 39.0 Å². The van der Waals surface area contributed by atoms with E-state index >= 15 is 0 Å². The Hall–Kier alpha value is -3.98. The molecule has 0 saturated carbocycles. The SMILES string of the molecule is COC(=O)c1ccc2c(c1)N(CC(=O)Nc1c(C)cc(C)cc1C)C(=O)c1ccccc1S2(=O)=O. The molecule has 35 heavy (non-hydrogen) atoms. The minimum Gasteiger partial charge on any atom is -0.465 e. The van der Waals surface area contributed by atoms with Crippen molar-refractivity contribution in [2.24, 2.45) is 0 Å². The van der Waals surface area contributed by atoms with Crippen molar-refractivity contribution < 1.29 is 27.5 Å². The fourth-order valence-electron chi connectivity index (χ4n) is 4.31. The first kappa shape index (κ1) is 24.2. The lowest BCUT2D eigenvalue weighted by molar-refractivity contribution is -0.114. The van der Waals surface area contributed by atoms with Crippen molar-refractivity contribution in [3.8, 4) is 0 Å². The summed E-state index contributed by atoms with van der Waals surface area (Å²) >= 11 is 0. The average Bonchev–Trinajstić information content (AvgIpc) is 2.89. The lowest BCUT2D eigenvalue weighted by Gasteiger charge is -2.23. The number of fused-ring (bicyclic) bond motifs is 2. The van der Waals surface area contributed by atoms with Gasteiger partial charge in [0.2, 0.25) is 15.7 Å². The van der Waals surface area contributed by atoms with Gasteiger partial charge in [-0.2, -0.15) is 0 Å². The minimum atomic E-state index is -4.11. The van der Waals surface area contributed by atoms with Gasteiger partial charge in [-0.15, -0.1) is 0 Å². The number of nitrogens with one attached hydrogen (secondary N) is 1. The highest BCUT2D eigenvalue weighted by Gasteiger charge is 2.37. The summed E-state index contributed by atoms with van der Waals surface area (Å²) in [7, 11) is -2.91. The fourth-order valence-corrected chi connectivity index (χ4v) is 5.94. The molecule has 180 valence electrons. The van der Waals surface area contributed by atoms with E-state index in [2.05, 4.69) is 5.32 Å². The highest BCUT2D eigenvalue weighted by molar-refractivity contribution is 7.91. The van der Waals surface area contributed by atoms with Crippen LogP contribution in [0.2, 0.25) is 0 Å². The molecule has 1 heterocycles. The van der Waals surface area contributed by atoms with Gasteiger partial charge in [0.15, 0.2) is 0 Å². The smallest absolute Gasteiger partial charge is 0.337 e. The highest BCUT2D eigenvalue weighted by Crippen LogP contribution is 2.37. The van der Waals surface area contributed by atoms with Gasteiger partial charge in [-0.3, -0.25) is 14.5 Å². The molecule has 1 aliphatic heterocycles. The Morgan fingerprint density at radius 2 is 1.60 bits per heavy atom. The van der Waals surface area contributed by atoms with Crippen LogP contribution in [-0.2, 0) is 19.4 Å². The first-order valence-corrected chi connectivity index (χ1v) is 12.3. The van der Waals surface area contributed by atoms with Crippen molar-refractivity contribution in [3.63, 3.8) is 0 Å².